The van der Waals surface area contributed by atoms with Crippen molar-refractivity contribution in [3.8, 4) is 17.0 Å². The molecule has 0 aliphatic rings. The largest absolute Gasteiger partial charge is 0.487 e. The molecule has 0 fully saturated rings. The van der Waals surface area contributed by atoms with Gasteiger partial charge in [-0.05, 0) is 44.5 Å². The number of rotatable bonds is 7. The van der Waals surface area contributed by atoms with E-state index in [-0.39, 0.29) is 5.54 Å². The summed E-state index contributed by atoms with van der Waals surface area (Å²) in [6, 6.07) is 13.8. The number of nitrogens with one attached hydrogen (secondary N) is 1. The van der Waals surface area contributed by atoms with Crippen molar-refractivity contribution in [2.24, 2.45) is 0 Å². The fourth-order valence-electron chi connectivity index (χ4n) is 3.05. The first-order chi connectivity index (χ1) is 14.1. The molecule has 3 heterocycles. The van der Waals surface area contributed by atoms with Gasteiger partial charge < -0.3 is 10.1 Å². The molecule has 1 N–H and O–H groups in total. The van der Waals surface area contributed by atoms with E-state index in [9.17, 15) is 0 Å². The molecule has 3 aromatic heterocycles. The van der Waals surface area contributed by atoms with E-state index >= 15 is 0 Å². The van der Waals surface area contributed by atoms with Crippen LogP contribution < -0.4 is 10.1 Å². The first kappa shape index (κ1) is 18.9. The molecule has 0 bridgehead atoms. The highest BCUT2D eigenvalue weighted by molar-refractivity contribution is 5.80. The van der Waals surface area contributed by atoms with Crippen LogP contribution in [0.15, 0.2) is 67.3 Å². The molecule has 0 aliphatic carbocycles. The van der Waals surface area contributed by atoms with Crippen molar-refractivity contribution >= 4 is 11.5 Å². The second-order valence-corrected chi connectivity index (χ2v) is 7.58. The van der Waals surface area contributed by atoms with Crippen LogP contribution in [0.3, 0.4) is 0 Å². The minimum absolute atomic E-state index is 0.0856. The molecule has 0 spiro atoms. The number of anilines is 1. The Bertz CT molecular complexity index is 1100. The Hall–Kier alpha value is -3.41. The number of hydrogen-bond donors (Lipinski definition) is 1. The normalized spacial score (nSPS) is 11.6. The van der Waals surface area contributed by atoms with E-state index in [2.05, 4.69) is 36.1 Å². The Morgan fingerprint density at radius 1 is 1.07 bits per heavy atom. The average Bonchev–Trinajstić information content (AvgIpc) is 3.11. The van der Waals surface area contributed by atoms with Gasteiger partial charge in [0, 0.05) is 29.7 Å². The molecule has 148 valence electrons. The van der Waals surface area contributed by atoms with Crippen molar-refractivity contribution in [2.45, 2.75) is 39.3 Å². The second-order valence-electron chi connectivity index (χ2n) is 7.58. The quantitative estimate of drug-likeness (QED) is 0.485. The van der Waals surface area contributed by atoms with Crippen LogP contribution in [0.25, 0.3) is 16.9 Å². The van der Waals surface area contributed by atoms with Crippen molar-refractivity contribution in [1.82, 2.24) is 19.4 Å². The van der Waals surface area contributed by atoms with Crippen LogP contribution in [0.2, 0.25) is 0 Å². The lowest BCUT2D eigenvalue weighted by molar-refractivity contribution is 0.302. The fraction of sp³-hybridized carbons (Fsp3) is 0.261. The fourth-order valence-corrected chi connectivity index (χ4v) is 3.05. The third kappa shape index (κ3) is 4.06. The molecule has 0 atom stereocenters. The van der Waals surface area contributed by atoms with Crippen LogP contribution in [0.5, 0.6) is 5.75 Å². The minimum Gasteiger partial charge on any atom is -0.487 e. The van der Waals surface area contributed by atoms with Gasteiger partial charge in [-0.25, -0.2) is 4.98 Å². The minimum atomic E-state index is -0.0856. The van der Waals surface area contributed by atoms with Crippen LogP contribution >= 0.6 is 0 Å². The zero-order chi connectivity index (χ0) is 20.3. The number of para-hydroxylation sites is 1. The van der Waals surface area contributed by atoms with Gasteiger partial charge in [0.25, 0.3) is 0 Å². The number of aromatic nitrogens is 4. The lowest BCUT2D eigenvalue weighted by atomic mass is 10.0. The Morgan fingerprint density at radius 2 is 1.90 bits per heavy atom. The smallest absolute Gasteiger partial charge is 0.157 e. The summed E-state index contributed by atoms with van der Waals surface area (Å²) in [6.45, 7) is 6.93. The first-order valence-electron chi connectivity index (χ1n) is 9.80. The summed E-state index contributed by atoms with van der Waals surface area (Å²) in [7, 11) is 0. The number of imidazole rings is 1. The number of pyridine rings is 1. The van der Waals surface area contributed by atoms with Crippen LogP contribution in [-0.4, -0.2) is 24.9 Å². The third-order valence-corrected chi connectivity index (χ3v) is 5.01. The summed E-state index contributed by atoms with van der Waals surface area (Å²) in [5.74, 6) is 1.70. The maximum atomic E-state index is 6.13. The monoisotopic (exact) mass is 387 g/mol. The summed E-state index contributed by atoms with van der Waals surface area (Å²) in [5.41, 5.74) is 3.36. The molecule has 0 unspecified atom stereocenters. The van der Waals surface area contributed by atoms with Crippen LogP contribution in [-0.2, 0) is 6.61 Å². The van der Waals surface area contributed by atoms with E-state index in [0.29, 0.717) is 6.61 Å². The molecule has 0 saturated heterocycles. The molecule has 1 aromatic carbocycles. The summed E-state index contributed by atoms with van der Waals surface area (Å²) in [4.78, 5) is 13.4. The number of benzene rings is 1. The molecule has 0 aliphatic heterocycles. The van der Waals surface area contributed by atoms with E-state index < -0.39 is 0 Å². The molecule has 0 amide bonds. The van der Waals surface area contributed by atoms with E-state index in [1.54, 1.807) is 18.6 Å². The lowest BCUT2D eigenvalue weighted by Crippen LogP contribution is -2.30. The van der Waals surface area contributed by atoms with Crippen LogP contribution in [0.4, 0.5) is 5.82 Å². The van der Waals surface area contributed by atoms with Crippen LogP contribution in [0.1, 0.15) is 32.9 Å². The van der Waals surface area contributed by atoms with E-state index in [1.165, 1.54) is 0 Å². The van der Waals surface area contributed by atoms with Gasteiger partial charge in [0.1, 0.15) is 23.9 Å². The van der Waals surface area contributed by atoms with Crippen molar-refractivity contribution in [2.75, 3.05) is 5.32 Å². The van der Waals surface area contributed by atoms with Gasteiger partial charge in [-0.15, -0.1) is 0 Å². The Kier molecular flexibility index (Phi) is 5.16. The molecule has 6 heteroatoms. The third-order valence-electron chi connectivity index (χ3n) is 5.01. The van der Waals surface area contributed by atoms with Gasteiger partial charge in [-0.2, -0.15) is 0 Å². The van der Waals surface area contributed by atoms with Gasteiger partial charge in [-0.1, -0.05) is 25.1 Å². The van der Waals surface area contributed by atoms with Crippen molar-refractivity contribution in [1.29, 1.82) is 0 Å². The molecule has 6 nitrogen and oxygen atoms in total. The predicted octanol–water partition coefficient (Wildman–Crippen LogP) is 4.97. The van der Waals surface area contributed by atoms with Crippen molar-refractivity contribution < 1.29 is 4.74 Å². The maximum absolute atomic E-state index is 6.13. The molecule has 29 heavy (non-hydrogen) atoms. The van der Waals surface area contributed by atoms with E-state index in [0.717, 1.165) is 40.6 Å². The summed E-state index contributed by atoms with van der Waals surface area (Å²) in [5, 5.41) is 3.66. The summed E-state index contributed by atoms with van der Waals surface area (Å²) in [6.07, 6.45) is 8.21. The second kappa shape index (κ2) is 7.91. The van der Waals surface area contributed by atoms with Crippen molar-refractivity contribution in [3.05, 3.63) is 72.9 Å². The zero-order valence-corrected chi connectivity index (χ0v) is 17.0. The van der Waals surface area contributed by atoms with E-state index in [1.807, 2.05) is 53.1 Å². The number of nitrogens with zero attached hydrogens (tertiary/aromatic N) is 4. The summed E-state index contributed by atoms with van der Waals surface area (Å²) < 4.78 is 8.17. The van der Waals surface area contributed by atoms with Gasteiger partial charge in [0.05, 0.1) is 11.9 Å². The highest BCUT2D eigenvalue weighted by atomic mass is 16.5. The van der Waals surface area contributed by atoms with Gasteiger partial charge >= 0.3 is 0 Å². The first-order valence-corrected chi connectivity index (χ1v) is 9.80. The molecule has 0 saturated carbocycles. The molecular weight excluding hydrogens is 362 g/mol. The average molecular weight is 387 g/mol. The van der Waals surface area contributed by atoms with Crippen molar-refractivity contribution in [3.63, 3.8) is 0 Å². The Balaban J connectivity index is 1.77. The Morgan fingerprint density at radius 3 is 2.69 bits per heavy atom. The number of ether oxygens (including phenoxy) is 1. The molecule has 4 rings (SSSR count). The van der Waals surface area contributed by atoms with Gasteiger partial charge in [-0.3, -0.25) is 14.4 Å². The lowest BCUT2D eigenvalue weighted by Gasteiger charge is -2.26. The molecule has 0 radical (unpaired) electrons. The Labute approximate surface area is 170 Å². The van der Waals surface area contributed by atoms with E-state index in [4.69, 9.17) is 9.72 Å². The molecule has 4 aromatic rings. The molecular formula is C23H25N5O. The van der Waals surface area contributed by atoms with Gasteiger partial charge in [0.15, 0.2) is 5.65 Å². The number of fused-ring (bicyclic) bond motifs is 1. The standard InChI is InChI=1S/C23H25N5O/c1-4-23(2,3)27-22-21(26-20-15-24-13-14-28(20)22)18-10-5-6-11-19(18)29-16-17-9-7-8-12-25-17/h5-15,27H,4,16H2,1-3H3. The summed E-state index contributed by atoms with van der Waals surface area (Å²) >= 11 is 0. The number of hydrogen-bond acceptors (Lipinski definition) is 5. The van der Waals surface area contributed by atoms with Gasteiger partial charge in [0.2, 0.25) is 0 Å². The highest BCUT2D eigenvalue weighted by Gasteiger charge is 2.23. The SMILES string of the molecule is CCC(C)(C)Nc1c(-c2ccccc2OCc2ccccn2)nc2cnccn12. The predicted molar refractivity (Wildman–Crippen MR) is 115 cm³/mol. The highest BCUT2D eigenvalue weighted by Crippen LogP contribution is 2.36. The topological polar surface area (TPSA) is 64.3 Å². The maximum Gasteiger partial charge on any atom is 0.157 e. The zero-order valence-electron chi connectivity index (χ0n) is 17.0. The van der Waals surface area contributed by atoms with Crippen LogP contribution in [0, 0.1) is 0 Å².